The molecule has 2 aliphatic heterocycles. The summed E-state index contributed by atoms with van der Waals surface area (Å²) in [5.74, 6) is -1.03. The van der Waals surface area contributed by atoms with Crippen LogP contribution in [0.4, 0.5) is 25.8 Å². The van der Waals surface area contributed by atoms with E-state index >= 15 is 8.78 Å². The second-order valence-corrected chi connectivity index (χ2v) is 13.7. The summed E-state index contributed by atoms with van der Waals surface area (Å²) in [6, 6.07) is 17.6. The molecular formula is C34H43B2F2NO4. The van der Waals surface area contributed by atoms with E-state index in [0.717, 1.165) is 19.3 Å². The van der Waals surface area contributed by atoms with E-state index < -0.39 is 48.3 Å². The lowest BCUT2D eigenvalue weighted by atomic mass is 9.78. The second kappa shape index (κ2) is 11.3. The summed E-state index contributed by atoms with van der Waals surface area (Å²) < 4.78 is 56.7. The zero-order chi connectivity index (χ0) is 31.4. The Morgan fingerprint density at radius 2 is 1.00 bits per heavy atom. The molecule has 228 valence electrons. The summed E-state index contributed by atoms with van der Waals surface area (Å²) in [5.41, 5.74) is 1.15. The van der Waals surface area contributed by atoms with Crippen LogP contribution in [0.5, 0.6) is 0 Å². The Labute approximate surface area is 256 Å². The van der Waals surface area contributed by atoms with Crippen LogP contribution in [0.3, 0.4) is 0 Å². The molecule has 0 bridgehead atoms. The molecular weight excluding hydrogens is 546 g/mol. The van der Waals surface area contributed by atoms with Crippen LogP contribution in [0.2, 0.25) is 0 Å². The molecule has 5 nitrogen and oxygen atoms in total. The number of benzene rings is 3. The third kappa shape index (κ3) is 6.02. The van der Waals surface area contributed by atoms with Gasteiger partial charge in [-0.05, 0) is 121 Å². The van der Waals surface area contributed by atoms with Crippen molar-refractivity contribution in [2.45, 2.75) is 104 Å². The minimum absolute atomic E-state index is 0.212. The van der Waals surface area contributed by atoms with Gasteiger partial charge in [0.1, 0.15) is 11.6 Å². The minimum Gasteiger partial charge on any atom is -0.399 e. The van der Waals surface area contributed by atoms with E-state index in [1.54, 1.807) is 29.2 Å². The first-order valence-corrected chi connectivity index (χ1v) is 15.2. The molecule has 0 aliphatic carbocycles. The number of halogens is 2. The Bertz CT molecular complexity index is 1360. The van der Waals surface area contributed by atoms with Crippen LogP contribution in [0.15, 0.2) is 60.7 Å². The standard InChI is InChI=1S/C34H43B2F2NO4/c1-10-11-12-23-13-17-26(18-14-23)39(29-19-15-24(21-27(29)37)35-40-31(2,3)32(4,5)41-35)30-20-16-25(22-28(30)38)36-42-33(6,7)34(8,9)43-36/h13-22H,10-12H2,1-9H3. The van der Waals surface area contributed by atoms with Gasteiger partial charge in [0, 0.05) is 5.69 Å². The number of unbranched alkanes of at least 4 members (excludes halogenated alkanes) is 1. The van der Waals surface area contributed by atoms with E-state index in [1.165, 1.54) is 17.7 Å². The maximum atomic E-state index is 16.1. The van der Waals surface area contributed by atoms with E-state index in [9.17, 15) is 0 Å². The van der Waals surface area contributed by atoms with Crippen molar-refractivity contribution in [2.75, 3.05) is 4.90 Å². The summed E-state index contributed by atoms with van der Waals surface area (Å²) in [4.78, 5) is 1.61. The van der Waals surface area contributed by atoms with Crippen LogP contribution in [0.25, 0.3) is 0 Å². The predicted molar refractivity (Wildman–Crippen MR) is 171 cm³/mol. The molecule has 43 heavy (non-hydrogen) atoms. The van der Waals surface area contributed by atoms with Gasteiger partial charge in [-0.1, -0.05) is 37.6 Å². The Morgan fingerprint density at radius 1 is 0.605 bits per heavy atom. The van der Waals surface area contributed by atoms with Crippen LogP contribution in [0.1, 0.15) is 80.7 Å². The smallest absolute Gasteiger partial charge is 0.399 e. The molecule has 0 N–H and O–H groups in total. The lowest BCUT2D eigenvalue weighted by molar-refractivity contribution is 0.00578. The SMILES string of the molecule is CCCCc1ccc(N(c2ccc(B3OC(C)(C)C(C)(C)O3)cc2F)c2ccc(B3OC(C)(C)C(C)(C)O3)cc2F)cc1. The highest BCUT2D eigenvalue weighted by Gasteiger charge is 2.53. The minimum atomic E-state index is -0.712. The quantitative estimate of drug-likeness (QED) is 0.257. The molecule has 0 aromatic heterocycles. The molecule has 2 heterocycles. The molecule has 0 amide bonds. The topological polar surface area (TPSA) is 40.2 Å². The summed E-state index contributed by atoms with van der Waals surface area (Å²) in [6.07, 6.45) is 3.12. The van der Waals surface area contributed by atoms with Gasteiger partial charge in [0.25, 0.3) is 0 Å². The Hall–Kier alpha value is -2.71. The second-order valence-electron chi connectivity index (χ2n) is 13.7. The summed E-state index contributed by atoms with van der Waals surface area (Å²) >= 11 is 0. The molecule has 2 saturated heterocycles. The van der Waals surface area contributed by atoms with Crippen molar-refractivity contribution in [1.82, 2.24) is 0 Å². The van der Waals surface area contributed by atoms with Crippen molar-refractivity contribution >= 4 is 42.2 Å². The van der Waals surface area contributed by atoms with Gasteiger partial charge in [-0.15, -0.1) is 0 Å². The van der Waals surface area contributed by atoms with E-state index in [2.05, 4.69) is 6.92 Å². The molecule has 2 aliphatic rings. The molecule has 0 spiro atoms. The first kappa shape index (κ1) is 31.7. The third-order valence-electron chi connectivity index (χ3n) is 9.49. The van der Waals surface area contributed by atoms with Crippen molar-refractivity contribution in [3.63, 3.8) is 0 Å². The van der Waals surface area contributed by atoms with Crippen LogP contribution in [0, 0.1) is 11.6 Å². The number of nitrogens with zero attached hydrogens (tertiary/aromatic N) is 1. The summed E-state index contributed by atoms with van der Waals surface area (Å²) in [5, 5.41) is 0. The van der Waals surface area contributed by atoms with Gasteiger partial charge < -0.3 is 23.5 Å². The zero-order valence-corrected chi connectivity index (χ0v) is 26.9. The fourth-order valence-corrected chi connectivity index (χ4v) is 5.26. The highest BCUT2D eigenvalue weighted by molar-refractivity contribution is 6.62. The predicted octanol–water partition coefficient (Wildman–Crippen LogP) is 7.38. The number of aryl methyl sites for hydroxylation is 1. The Balaban J connectivity index is 1.52. The van der Waals surface area contributed by atoms with Gasteiger partial charge in [-0.25, -0.2) is 8.78 Å². The van der Waals surface area contributed by atoms with Crippen LogP contribution < -0.4 is 15.8 Å². The van der Waals surface area contributed by atoms with Gasteiger partial charge in [0.15, 0.2) is 0 Å². The monoisotopic (exact) mass is 589 g/mol. The van der Waals surface area contributed by atoms with Crippen molar-refractivity contribution in [2.24, 2.45) is 0 Å². The lowest BCUT2D eigenvalue weighted by Crippen LogP contribution is -2.41. The highest BCUT2D eigenvalue weighted by Crippen LogP contribution is 2.40. The number of hydrogen-bond donors (Lipinski definition) is 0. The van der Waals surface area contributed by atoms with E-state index in [1.807, 2.05) is 79.7 Å². The maximum Gasteiger partial charge on any atom is 0.494 e. The van der Waals surface area contributed by atoms with Crippen molar-refractivity contribution in [3.05, 3.63) is 77.9 Å². The first-order chi connectivity index (χ1) is 20.0. The van der Waals surface area contributed by atoms with Crippen molar-refractivity contribution in [3.8, 4) is 0 Å². The average molecular weight is 589 g/mol. The van der Waals surface area contributed by atoms with Gasteiger partial charge in [0.2, 0.25) is 0 Å². The molecule has 0 atom stereocenters. The molecule has 9 heteroatoms. The van der Waals surface area contributed by atoms with Crippen molar-refractivity contribution < 1.29 is 27.4 Å². The summed E-state index contributed by atoms with van der Waals surface area (Å²) in [7, 11) is -1.42. The van der Waals surface area contributed by atoms with Crippen LogP contribution in [-0.4, -0.2) is 36.6 Å². The number of anilines is 3. The fraction of sp³-hybridized carbons (Fsp3) is 0.471. The van der Waals surface area contributed by atoms with Crippen molar-refractivity contribution in [1.29, 1.82) is 0 Å². The maximum absolute atomic E-state index is 16.1. The lowest BCUT2D eigenvalue weighted by Gasteiger charge is -2.32. The van der Waals surface area contributed by atoms with E-state index in [-0.39, 0.29) is 11.4 Å². The molecule has 3 aromatic carbocycles. The molecule has 2 fully saturated rings. The first-order valence-electron chi connectivity index (χ1n) is 15.2. The normalized spacial score (nSPS) is 20.1. The van der Waals surface area contributed by atoms with Gasteiger partial charge >= 0.3 is 14.2 Å². The molecule has 0 saturated carbocycles. The molecule has 0 radical (unpaired) electrons. The highest BCUT2D eigenvalue weighted by atomic mass is 19.1. The number of hydrogen-bond acceptors (Lipinski definition) is 5. The average Bonchev–Trinajstić information content (AvgIpc) is 3.29. The Morgan fingerprint density at radius 3 is 1.35 bits per heavy atom. The Kier molecular flexibility index (Phi) is 8.36. The third-order valence-corrected chi connectivity index (χ3v) is 9.49. The fourth-order valence-electron chi connectivity index (χ4n) is 5.26. The van der Waals surface area contributed by atoms with Gasteiger partial charge in [-0.2, -0.15) is 0 Å². The molecule has 0 unspecified atom stereocenters. The van der Waals surface area contributed by atoms with E-state index in [4.69, 9.17) is 18.6 Å². The largest absolute Gasteiger partial charge is 0.494 e. The number of rotatable bonds is 8. The van der Waals surface area contributed by atoms with Gasteiger partial charge in [-0.3, -0.25) is 0 Å². The molecule has 3 aromatic rings. The van der Waals surface area contributed by atoms with E-state index in [0.29, 0.717) is 16.6 Å². The van der Waals surface area contributed by atoms with Gasteiger partial charge in [0.05, 0.1) is 33.8 Å². The summed E-state index contributed by atoms with van der Waals surface area (Å²) in [6.45, 7) is 17.8. The molecule has 5 rings (SSSR count). The zero-order valence-electron chi connectivity index (χ0n) is 26.9. The van der Waals surface area contributed by atoms with Crippen LogP contribution in [-0.2, 0) is 25.0 Å². The van der Waals surface area contributed by atoms with Crippen LogP contribution >= 0.6 is 0 Å².